The van der Waals surface area contributed by atoms with Gasteiger partial charge in [-0.15, -0.1) is 0 Å². The summed E-state index contributed by atoms with van der Waals surface area (Å²) in [6.45, 7) is 0. The van der Waals surface area contributed by atoms with Crippen LogP contribution in [-0.4, -0.2) is 20.1 Å². The Morgan fingerprint density at radius 1 is 1.43 bits per heavy atom. The van der Waals surface area contributed by atoms with Crippen LogP contribution in [0.2, 0.25) is 0 Å². The summed E-state index contributed by atoms with van der Waals surface area (Å²) >= 11 is 0. The molecule has 1 aromatic rings. The van der Waals surface area contributed by atoms with E-state index in [0.717, 1.165) is 6.07 Å². The fraction of sp³-hybridized carbons (Fsp3) is 0.143. The zero-order chi connectivity index (χ0) is 10.1. The molecule has 0 aromatic heterocycles. The molecule has 0 spiro atoms. The van der Waals surface area contributed by atoms with Crippen molar-refractivity contribution in [3.05, 3.63) is 18.2 Å². The van der Waals surface area contributed by atoms with Gasteiger partial charge < -0.3 is 15.0 Å². The molecule has 1 aromatic carbocycles. The summed E-state index contributed by atoms with van der Waals surface area (Å²) in [5.41, 5.74) is 5.22. The number of methoxy groups -OCH3 is 1. The second-order valence-corrected chi connectivity index (χ2v) is 3.71. The van der Waals surface area contributed by atoms with Gasteiger partial charge in [0.15, 0.2) is 0 Å². The average Bonchev–Trinajstić information content (AvgIpc) is 2.03. The first kappa shape index (κ1) is 13.3. The van der Waals surface area contributed by atoms with E-state index in [-0.39, 0.29) is 30.3 Å². The summed E-state index contributed by atoms with van der Waals surface area (Å²) in [6.07, 6.45) is 0. The van der Waals surface area contributed by atoms with Crippen LogP contribution < -0.4 is 29.3 Å². The molecule has 14 heavy (non-hydrogen) atoms. The molecule has 7 heteroatoms. The Labute approximate surface area is 94.2 Å². The minimum Gasteiger partial charge on any atom is -0.744 e. The van der Waals surface area contributed by atoms with Crippen LogP contribution in [0.4, 0.5) is 5.69 Å². The predicted octanol–water partition coefficient (Wildman–Crippen LogP) is -2.81. The van der Waals surface area contributed by atoms with E-state index in [1.165, 1.54) is 19.2 Å². The molecule has 5 nitrogen and oxygen atoms in total. The quantitative estimate of drug-likeness (QED) is 0.322. The maximum absolute atomic E-state index is 10.6. The molecule has 0 aliphatic heterocycles. The summed E-state index contributed by atoms with van der Waals surface area (Å²) in [4.78, 5) is -0.452. The number of anilines is 1. The van der Waals surface area contributed by atoms with Crippen LogP contribution in [0, 0.1) is 0 Å². The Balaban J connectivity index is 0.00000169. The third-order valence-electron chi connectivity index (χ3n) is 1.49. The van der Waals surface area contributed by atoms with Crippen molar-refractivity contribution in [2.75, 3.05) is 12.8 Å². The number of nitrogen functional groups attached to an aromatic ring is 1. The number of hydrogen-bond acceptors (Lipinski definition) is 5. The Morgan fingerprint density at radius 2 is 2.00 bits per heavy atom. The summed E-state index contributed by atoms with van der Waals surface area (Å²) in [5.74, 6) is 0.281. The van der Waals surface area contributed by atoms with Crippen LogP contribution in [0.5, 0.6) is 5.75 Å². The van der Waals surface area contributed by atoms with Gasteiger partial charge in [-0.3, -0.25) is 0 Å². The molecule has 0 amide bonds. The van der Waals surface area contributed by atoms with Crippen molar-refractivity contribution in [3.8, 4) is 5.75 Å². The Morgan fingerprint density at radius 3 is 2.43 bits per heavy atom. The molecule has 1 rings (SSSR count). The first-order valence-electron chi connectivity index (χ1n) is 3.34. The molecule has 0 saturated carbocycles. The summed E-state index contributed by atoms with van der Waals surface area (Å²) < 4.78 is 36.6. The van der Waals surface area contributed by atoms with Gasteiger partial charge in [0, 0.05) is 5.69 Å². The van der Waals surface area contributed by atoms with Gasteiger partial charge in [-0.05, 0) is 18.2 Å². The molecular weight excluding hydrogens is 201 g/mol. The molecule has 0 radical (unpaired) electrons. The third kappa shape index (κ3) is 2.92. The monoisotopic (exact) mass is 209 g/mol. The van der Waals surface area contributed by atoms with E-state index in [0.29, 0.717) is 0 Å². The zero-order valence-corrected chi connectivity index (χ0v) is 8.67. The van der Waals surface area contributed by atoms with Gasteiger partial charge in [0.1, 0.15) is 15.9 Å². The van der Waals surface area contributed by atoms with Crippen molar-refractivity contribution in [2.45, 2.75) is 4.90 Å². The molecule has 0 bridgehead atoms. The molecule has 0 aliphatic carbocycles. The van der Waals surface area contributed by atoms with E-state index in [1.807, 2.05) is 0 Å². The van der Waals surface area contributed by atoms with Gasteiger partial charge in [-0.1, -0.05) is 0 Å². The minimum absolute atomic E-state index is 0. The van der Waals surface area contributed by atoms with E-state index >= 15 is 0 Å². The summed E-state index contributed by atoms with van der Waals surface area (Å²) in [5, 5.41) is 0. The number of benzene rings is 1. The molecule has 0 atom stereocenters. The number of rotatable bonds is 2. The van der Waals surface area contributed by atoms with E-state index in [9.17, 15) is 13.0 Å². The predicted molar refractivity (Wildman–Crippen MR) is 45.4 cm³/mol. The van der Waals surface area contributed by atoms with Gasteiger partial charge in [-0.25, -0.2) is 8.42 Å². The second-order valence-electron chi connectivity index (χ2n) is 2.36. The van der Waals surface area contributed by atoms with Gasteiger partial charge in [0.2, 0.25) is 0 Å². The van der Waals surface area contributed by atoms with Crippen molar-refractivity contribution in [2.24, 2.45) is 0 Å². The Kier molecular flexibility index (Phi) is 4.48. The molecule has 0 unspecified atom stereocenters. The van der Waals surface area contributed by atoms with Crippen LogP contribution >= 0.6 is 0 Å². The number of nitrogens with two attached hydrogens (primary N) is 1. The molecule has 0 aliphatic rings. The molecule has 2 N–H and O–H groups in total. The molecule has 72 valence electrons. The second kappa shape index (κ2) is 4.71. The SMILES string of the molecule is COc1ccc(N)c(S(=O)(=O)[O-])c1.[Li+]. The van der Waals surface area contributed by atoms with Crippen LogP contribution in [0.25, 0.3) is 0 Å². The third-order valence-corrected chi connectivity index (χ3v) is 2.38. The average molecular weight is 209 g/mol. The topological polar surface area (TPSA) is 92.5 Å². The largest absolute Gasteiger partial charge is 1.00 e. The zero-order valence-electron chi connectivity index (χ0n) is 7.85. The maximum Gasteiger partial charge on any atom is 1.00 e. The first-order valence-corrected chi connectivity index (χ1v) is 4.75. The number of hydrogen-bond donors (Lipinski definition) is 1. The van der Waals surface area contributed by atoms with E-state index in [4.69, 9.17) is 10.5 Å². The van der Waals surface area contributed by atoms with Gasteiger partial charge >= 0.3 is 18.9 Å². The van der Waals surface area contributed by atoms with Crippen LogP contribution in [0.15, 0.2) is 23.1 Å². The molecular formula is C7H8LiNO4S. The standard InChI is InChI=1S/C7H9NO4S.Li/c1-12-5-2-3-6(8)7(4-5)13(9,10)11;/h2-4H,8H2,1H3,(H,9,10,11);/q;+1/p-1. The van der Waals surface area contributed by atoms with Crippen LogP contribution in [-0.2, 0) is 10.1 Å². The molecule has 0 heterocycles. The van der Waals surface area contributed by atoms with Gasteiger partial charge in [0.25, 0.3) is 0 Å². The maximum atomic E-state index is 10.6. The smallest absolute Gasteiger partial charge is 0.744 e. The van der Waals surface area contributed by atoms with Gasteiger partial charge in [0.05, 0.1) is 12.0 Å². The van der Waals surface area contributed by atoms with E-state index in [2.05, 4.69) is 0 Å². The van der Waals surface area contributed by atoms with Crippen molar-refractivity contribution in [3.63, 3.8) is 0 Å². The molecule has 0 saturated heterocycles. The Bertz CT molecular complexity index is 418. The van der Waals surface area contributed by atoms with Crippen molar-refractivity contribution in [1.82, 2.24) is 0 Å². The summed E-state index contributed by atoms with van der Waals surface area (Å²) in [6, 6.07) is 3.88. The molecule has 0 fully saturated rings. The first-order chi connectivity index (χ1) is 5.95. The van der Waals surface area contributed by atoms with Crippen LogP contribution in [0.1, 0.15) is 0 Å². The van der Waals surface area contributed by atoms with Gasteiger partial charge in [-0.2, -0.15) is 0 Å². The van der Waals surface area contributed by atoms with E-state index < -0.39 is 15.0 Å². The van der Waals surface area contributed by atoms with Crippen molar-refractivity contribution < 1.29 is 36.6 Å². The fourth-order valence-electron chi connectivity index (χ4n) is 0.858. The summed E-state index contributed by atoms with van der Waals surface area (Å²) in [7, 11) is -3.15. The number of ether oxygens (including phenoxy) is 1. The van der Waals surface area contributed by atoms with Crippen molar-refractivity contribution in [1.29, 1.82) is 0 Å². The van der Waals surface area contributed by atoms with E-state index in [1.54, 1.807) is 0 Å². The minimum atomic E-state index is -4.52. The normalized spacial score (nSPS) is 10.4. The van der Waals surface area contributed by atoms with Crippen LogP contribution in [0.3, 0.4) is 0 Å². The fourth-order valence-corrected chi connectivity index (χ4v) is 1.48. The van der Waals surface area contributed by atoms with Crippen molar-refractivity contribution >= 4 is 15.8 Å². The Hall–Kier alpha value is -0.673.